The lowest BCUT2D eigenvalue weighted by Gasteiger charge is -2.20. The molecule has 0 aromatic heterocycles. The minimum absolute atomic E-state index is 0.228. The smallest absolute Gasteiger partial charge is 0.343 e. The van der Waals surface area contributed by atoms with Crippen molar-refractivity contribution in [1.82, 2.24) is 0 Å². The Morgan fingerprint density at radius 1 is 1.28 bits per heavy atom. The Labute approximate surface area is 109 Å². The predicted molar refractivity (Wildman–Crippen MR) is 66.2 cm³/mol. The molecule has 1 aromatic rings. The van der Waals surface area contributed by atoms with Gasteiger partial charge in [-0.1, -0.05) is 0 Å². The van der Waals surface area contributed by atoms with Crippen LogP contribution in [0.15, 0.2) is 17.0 Å². The summed E-state index contributed by atoms with van der Waals surface area (Å²) in [6, 6.07) is 3.37. The Kier molecular flexibility index (Phi) is 3.41. The molecule has 0 spiro atoms. The number of aliphatic hydroxyl groups is 1. The molecule has 1 N–H and O–H groups in total. The van der Waals surface area contributed by atoms with Gasteiger partial charge in [-0.25, -0.2) is 4.79 Å². The van der Waals surface area contributed by atoms with Gasteiger partial charge in [0.2, 0.25) is 0 Å². The van der Waals surface area contributed by atoms with E-state index in [1.807, 2.05) is 0 Å². The van der Waals surface area contributed by atoms with Gasteiger partial charge in [0.15, 0.2) is 17.1 Å². The largest absolute Gasteiger partial charge is 0.493 e. The molecule has 6 heteroatoms. The summed E-state index contributed by atoms with van der Waals surface area (Å²) >= 11 is 1.38. The second-order valence-electron chi connectivity index (χ2n) is 3.84. The highest BCUT2D eigenvalue weighted by atomic mass is 32.2. The number of rotatable bonds is 3. The second-order valence-corrected chi connectivity index (χ2v) is 4.86. The van der Waals surface area contributed by atoms with Crippen LogP contribution in [0, 0.1) is 0 Å². The molecular formula is C12H14O5S. The minimum atomic E-state index is -1.62. The van der Waals surface area contributed by atoms with Crippen LogP contribution in [0.3, 0.4) is 0 Å². The first kappa shape index (κ1) is 13.0. The molecule has 1 aliphatic heterocycles. The average molecular weight is 270 g/mol. The van der Waals surface area contributed by atoms with Crippen molar-refractivity contribution in [3.05, 3.63) is 17.7 Å². The number of hydrogen-bond donors (Lipinski definition) is 1. The number of thioether (sulfide) groups is 1. The van der Waals surface area contributed by atoms with Crippen LogP contribution in [-0.2, 0) is 15.1 Å². The third kappa shape index (κ3) is 1.81. The first-order chi connectivity index (χ1) is 8.56. The molecule has 98 valence electrons. The maximum atomic E-state index is 11.7. The first-order valence-electron chi connectivity index (χ1n) is 5.27. The molecule has 0 saturated heterocycles. The van der Waals surface area contributed by atoms with Crippen molar-refractivity contribution in [2.24, 2.45) is 0 Å². The minimum Gasteiger partial charge on any atom is -0.493 e. The molecule has 0 amide bonds. The molecule has 5 nitrogen and oxygen atoms in total. The van der Waals surface area contributed by atoms with E-state index in [9.17, 15) is 9.90 Å². The average Bonchev–Trinajstić information content (AvgIpc) is 2.74. The maximum absolute atomic E-state index is 11.7. The van der Waals surface area contributed by atoms with Crippen LogP contribution in [0.5, 0.6) is 11.5 Å². The standard InChI is InChI=1S/C12H14O5S/c1-15-8-4-7-10(5-9(8)16-2)18-6-12(7,14)11(13)17-3/h4-5,14H,6H2,1-3H3/t12-/m1/s1. The third-order valence-electron chi connectivity index (χ3n) is 2.89. The molecule has 1 atom stereocenters. The highest BCUT2D eigenvalue weighted by Gasteiger charge is 2.46. The lowest BCUT2D eigenvalue weighted by atomic mass is 9.96. The summed E-state index contributed by atoms with van der Waals surface area (Å²) in [5.41, 5.74) is -1.12. The monoisotopic (exact) mass is 270 g/mol. The van der Waals surface area contributed by atoms with Crippen LogP contribution in [0.25, 0.3) is 0 Å². The number of fused-ring (bicyclic) bond motifs is 1. The van der Waals surface area contributed by atoms with E-state index in [1.54, 1.807) is 12.1 Å². The summed E-state index contributed by atoms with van der Waals surface area (Å²) < 4.78 is 15.0. The SMILES string of the molecule is COC(=O)[C@@]1(O)CSc2cc(OC)c(OC)cc21. The number of methoxy groups -OCH3 is 3. The molecule has 0 aliphatic carbocycles. The van der Waals surface area contributed by atoms with Gasteiger partial charge in [-0.3, -0.25) is 0 Å². The third-order valence-corrected chi connectivity index (χ3v) is 4.10. The molecule has 0 radical (unpaired) electrons. The predicted octanol–water partition coefficient (Wildman–Crippen LogP) is 1.17. The van der Waals surface area contributed by atoms with Crippen LogP contribution in [0.4, 0.5) is 0 Å². The molecule has 0 unspecified atom stereocenters. The Morgan fingerprint density at radius 3 is 2.44 bits per heavy atom. The van der Waals surface area contributed by atoms with Crippen molar-refractivity contribution in [2.45, 2.75) is 10.5 Å². The van der Waals surface area contributed by atoms with E-state index < -0.39 is 11.6 Å². The van der Waals surface area contributed by atoms with E-state index >= 15 is 0 Å². The van der Waals surface area contributed by atoms with Gasteiger partial charge in [0.25, 0.3) is 0 Å². The Morgan fingerprint density at radius 2 is 1.89 bits per heavy atom. The number of hydrogen-bond acceptors (Lipinski definition) is 6. The van der Waals surface area contributed by atoms with Crippen LogP contribution >= 0.6 is 11.8 Å². The number of ether oxygens (including phenoxy) is 3. The quantitative estimate of drug-likeness (QED) is 0.832. The van der Waals surface area contributed by atoms with E-state index in [4.69, 9.17) is 9.47 Å². The van der Waals surface area contributed by atoms with E-state index in [0.29, 0.717) is 17.1 Å². The van der Waals surface area contributed by atoms with Gasteiger partial charge in [-0.15, -0.1) is 11.8 Å². The van der Waals surface area contributed by atoms with Crippen LogP contribution in [-0.4, -0.2) is 38.2 Å². The van der Waals surface area contributed by atoms with E-state index in [2.05, 4.69) is 4.74 Å². The van der Waals surface area contributed by atoms with Crippen molar-refractivity contribution < 1.29 is 24.1 Å². The fourth-order valence-electron chi connectivity index (χ4n) is 1.90. The lowest BCUT2D eigenvalue weighted by molar-refractivity contribution is -0.160. The van der Waals surface area contributed by atoms with E-state index in [0.717, 1.165) is 4.90 Å². The fraction of sp³-hybridized carbons (Fsp3) is 0.417. The number of carbonyl (C=O) groups is 1. The zero-order chi connectivity index (χ0) is 13.3. The van der Waals surface area contributed by atoms with Crippen LogP contribution in [0.1, 0.15) is 5.56 Å². The summed E-state index contributed by atoms with van der Waals surface area (Å²) in [7, 11) is 4.30. The Hall–Kier alpha value is -1.40. The number of carbonyl (C=O) groups excluding carboxylic acids is 1. The van der Waals surface area contributed by atoms with Crippen LogP contribution < -0.4 is 9.47 Å². The molecular weight excluding hydrogens is 256 g/mol. The highest BCUT2D eigenvalue weighted by molar-refractivity contribution is 7.99. The van der Waals surface area contributed by atoms with Gasteiger partial charge >= 0.3 is 5.97 Å². The van der Waals surface area contributed by atoms with Crippen molar-refractivity contribution in [3.8, 4) is 11.5 Å². The van der Waals surface area contributed by atoms with Crippen molar-refractivity contribution in [2.75, 3.05) is 27.1 Å². The molecule has 1 aromatic carbocycles. The van der Waals surface area contributed by atoms with Crippen molar-refractivity contribution >= 4 is 17.7 Å². The van der Waals surface area contributed by atoms with Crippen molar-refractivity contribution in [3.63, 3.8) is 0 Å². The molecule has 0 fully saturated rings. The topological polar surface area (TPSA) is 65.0 Å². The summed E-state index contributed by atoms with van der Waals surface area (Å²) in [6.45, 7) is 0. The zero-order valence-corrected chi connectivity index (χ0v) is 11.2. The summed E-state index contributed by atoms with van der Waals surface area (Å²) in [5, 5.41) is 10.4. The molecule has 1 aliphatic rings. The molecule has 2 rings (SSSR count). The van der Waals surface area contributed by atoms with Gasteiger partial charge in [0, 0.05) is 16.2 Å². The fourth-order valence-corrected chi connectivity index (χ4v) is 3.11. The molecule has 0 bridgehead atoms. The second kappa shape index (κ2) is 4.70. The summed E-state index contributed by atoms with van der Waals surface area (Å²) in [5.74, 6) is 0.602. The van der Waals surface area contributed by atoms with Gasteiger partial charge in [-0.05, 0) is 12.1 Å². The van der Waals surface area contributed by atoms with E-state index in [-0.39, 0.29) is 5.75 Å². The number of esters is 1. The Balaban J connectivity index is 2.54. The summed E-state index contributed by atoms with van der Waals surface area (Å²) in [6.07, 6.45) is 0. The van der Waals surface area contributed by atoms with Crippen LogP contribution in [0.2, 0.25) is 0 Å². The zero-order valence-electron chi connectivity index (χ0n) is 10.4. The number of benzene rings is 1. The van der Waals surface area contributed by atoms with Gasteiger partial charge < -0.3 is 19.3 Å². The van der Waals surface area contributed by atoms with Gasteiger partial charge in [0.05, 0.1) is 21.3 Å². The first-order valence-corrected chi connectivity index (χ1v) is 6.25. The normalized spacial score (nSPS) is 21.3. The molecule has 0 saturated carbocycles. The van der Waals surface area contributed by atoms with E-state index in [1.165, 1.54) is 33.1 Å². The molecule has 18 heavy (non-hydrogen) atoms. The lowest BCUT2D eigenvalue weighted by Crippen LogP contribution is -2.36. The summed E-state index contributed by atoms with van der Waals surface area (Å²) in [4.78, 5) is 12.5. The Bertz CT molecular complexity index is 488. The van der Waals surface area contributed by atoms with Crippen molar-refractivity contribution in [1.29, 1.82) is 0 Å². The highest BCUT2D eigenvalue weighted by Crippen LogP contribution is 2.47. The molecule has 1 heterocycles. The van der Waals surface area contributed by atoms with Gasteiger partial charge in [0.1, 0.15) is 0 Å². The van der Waals surface area contributed by atoms with Gasteiger partial charge in [-0.2, -0.15) is 0 Å². The maximum Gasteiger partial charge on any atom is 0.343 e.